The van der Waals surface area contributed by atoms with Gasteiger partial charge in [0.05, 0.1) is 6.10 Å². The fraction of sp³-hybridized carbons (Fsp3) is 0.778. The van der Waals surface area contributed by atoms with Gasteiger partial charge >= 0.3 is 11.8 Å². The van der Waals surface area contributed by atoms with Crippen LogP contribution in [-0.2, 0) is 14.3 Å². The predicted molar refractivity (Wildman–Crippen MR) is 50.7 cm³/mol. The van der Waals surface area contributed by atoms with Crippen molar-refractivity contribution in [2.24, 2.45) is 0 Å². The Balaban J connectivity index is 2.16. The van der Waals surface area contributed by atoms with E-state index in [1.54, 1.807) is 6.92 Å². The first-order valence-electron chi connectivity index (χ1n) is 4.91. The van der Waals surface area contributed by atoms with Crippen LogP contribution < -0.4 is 10.6 Å². The molecule has 0 bridgehead atoms. The molecule has 1 heterocycles. The number of nitrogens with one attached hydrogen (secondary N) is 2. The third kappa shape index (κ3) is 3.33. The second kappa shape index (κ2) is 5.59. The van der Waals surface area contributed by atoms with Gasteiger partial charge in [-0.1, -0.05) is 0 Å². The minimum absolute atomic E-state index is 0.0772. The van der Waals surface area contributed by atoms with Crippen molar-refractivity contribution in [3.63, 3.8) is 0 Å². The van der Waals surface area contributed by atoms with Crippen molar-refractivity contribution in [2.45, 2.75) is 25.9 Å². The molecular weight excluding hydrogens is 184 g/mol. The van der Waals surface area contributed by atoms with Gasteiger partial charge in [-0.25, -0.2) is 0 Å². The van der Waals surface area contributed by atoms with Gasteiger partial charge in [0.25, 0.3) is 0 Å². The largest absolute Gasteiger partial charge is 0.376 e. The molecule has 0 saturated carbocycles. The summed E-state index contributed by atoms with van der Waals surface area (Å²) >= 11 is 0. The van der Waals surface area contributed by atoms with Gasteiger partial charge < -0.3 is 15.4 Å². The first-order chi connectivity index (χ1) is 6.74. The van der Waals surface area contributed by atoms with Crippen LogP contribution in [0.4, 0.5) is 0 Å². The van der Waals surface area contributed by atoms with E-state index >= 15 is 0 Å². The molecular formula is C9H16N2O3. The molecule has 1 aliphatic rings. The van der Waals surface area contributed by atoms with E-state index in [1.807, 2.05) is 0 Å². The normalized spacial score (nSPS) is 20.5. The van der Waals surface area contributed by atoms with E-state index in [4.69, 9.17) is 4.74 Å². The molecule has 0 radical (unpaired) electrons. The Kier molecular flexibility index (Phi) is 4.39. The molecule has 2 N–H and O–H groups in total. The van der Waals surface area contributed by atoms with Crippen molar-refractivity contribution >= 4 is 11.8 Å². The maximum Gasteiger partial charge on any atom is 0.309 e. The molecule has 0 spiro atoms. The van der Waals surface area contributed by atoms with Crippen LogP contribution in [-0.4, -0.2) is 37.6 Å². The molecule has 1 aliphatic heterocycles. The van der Waals surface area contributed by atoms with E-state index in [0.29, 0.717) is 13.1 Å². The summed E-state index contributed by atoms with van der Waals surface area (Å²) in [5, 5.41) is 4.96. The molecule has 0 aliphatic carbocycles. The summed E-state index contributed by atoms with van der Waals surface area (Å²) in [6.45, 7) is 3.41. The van der Waals surface area contributed by atoms with E-state index in [1.165, 1.54) is 0 Å². The summed E-state index contributed by atoms with van der Waals surface area (Å²) in [4.78, 5) is 22.1. The van der Waals surface area contributed by atoms with Crippen LogP contribution in [0.1, 0.15) is 19.8 Å². The van der Waals surface area contributed by atoms with Gasteiger partial charge in [0.2, 0.25) is 0 Å². The van der Waals surface area contributed by atoms with Gasteiger partial charge in [-0.2, -0.15) is 0 Å². The topological polar surface area (TPSA) is 67.4 Å². The standard InChI is InChI=1S/C9H16N2O3/c1-2-10-8(12)9(13)11-6-7-4-3-5-14-7/h7H,2-6H2,1H3,(H,10,12)(H,11,13). The number of likely N-dealkylation sites (N-methyl/N-ethyl adjacent to an activating group) is 1. The number of hydrogen-bond donors (Lipinski definition) is 2. The summed E-state index contributed by atoms with van der Waals surface area (Å²) in [7, 11) is 0. The zero-order chi connectivity index (χ0) is 10.4. The Labute approximate surface area is 83.2 Å². The number of carbonyl (C=O) groups is 2. The molecule has 0 aromatic rings. The van der Waals surface area contributed by atoms with Crippen molar-refractivity contribution < 1.29 is 14.3 Å². The van der Waals surface area contributed by atoms with E-state index in [-0.39, 0.29) is 6.10 Å². The first kappa shape index (κ1) is 11.0. The zero-order valence-corrected chi connectivity index (χ0v) is 8.34. The Hall–Kier alpha value is -1.10. The van der Waals surface area contributed by atoms with Crippen molar-refractivity contribution in [2.75, 3.05) is 19.7 Å². The fourth-order valence-corrected chi connectivity index (χ4v) is 1.33. The van der Waals surface area contributed by atoms with Gasteiger partial charge in [-0.3, -0.25) is 9.59 Å². The molecule has 1 rings (SSSR count). The summed E-state index contributed by atoms with van der Waals surface area (Å²) in [5.41, 5.74) is 0. The van der Waals surface area contributed by atoms with Crippen LogP contribution in [0.2, 0.25) is 0 Å². The Morgan fingerprint density at radius 3 is 2.64 bits per heavy atom. The van der Waals surface area contributed by atoms with Crippen LogP contribution in [0.5, 0.6) is 0 Å². The van der Waals surface area contributed by atoms with Crippen molar-refractivity contribution in [3.05, 3.63) is 0 Å². The summed E-state index contributed by atoms with van der Waals surface area (Å²) in [5.74, 6) is -1.16. The lowest BCUT2D eigenvalue weighted by Crippen LogP contribution is -2.42. The minimum Gasteiger partial charge on any atom is -0.376 e. The highest BCUT2D eigenvalue weighted by atomic mass is 16.5. The number of amides is 2. The third-order valence-corrected chi connectivity index (χ3v) is 2.06. The molecule has 0 aromatic heterocycles. The quantitative estimate of drug-likeness (QED) is 0.599. The van der Waals surface area contributed by atoms with Gasteiger partial charge in [0.15, 0.2) is 0 Å². The van der Waals surface area contributed by atoms with Crippen LogP contribution in [0.3, 0.4) is 0 Å². The first-order valence-corrected chi connectivity index (χ1v) is 4.91. The molecule has 5 heteroatoms. The van der Waals surface area contributed by atoms with Gasteiger partial charge in [-0.05, 0) is 19.8 Å². The average molecular weight is 200 g/mol. The molecule has 1 unspecified atom stereocenters. The van der Waals surface area contributed by atoms with E-state index in [2.05, 4.69) is 10.6 Å². The SMILES string of the molecule is CCNC(=O)C(=O)NCC1CCCO1. The van der Waals surface area contributed by atoms with Gasteiger partial charge in [0, 0.05) is 19.7 Å². The van der Waals surface area contributed by atoms with Crippen molar-refractivity contribution in [1.29, 1.82) is 0 Å². The lowest BCUT2D eigenvalue weighted by molar-refractivity contribution is -0.139. The Morgan fingerprint density at radius 1 is 1.36 bits per heavy atom. The molecule has 14 heavy (non-hydrogen) atoms. The maximum absolute atomic E-state index is 11.1. The minimum atomic E-state index is -0.581. The molecule has 1 atom stereocenters. The second-order valence-electron chi connectivity index (χ2n) is 3.20. The van der Waals surface area contributed by atoms with Gasteiger partial charge in [-0.15, -0.1) is 0 Å². The van der Waals surface area contributed by atoms with Crippen molar-refractivity contribution in [1.82, 2.24) is 10.6 Å². The molecule has 80 valence electrons. The highest BCUT2D eigenvalue weighted by Crippen LogP contribution is 2.10. The molecule has 5 nitrogen and oxygen atoms in total. The number of rotatable bonds is 3. The summed E-state index contributed by atoms with van der Waals surface area (Å²) < 4.78 is 5.30. The second-order valence-corrected chi connectivity index (χ2v) is 3.20. The van der Waals surface area contributed by atoms with Crippen molar-refractivity contribution in [3.8, 4) is 0 Å². The zero-order valence-electron chi connectivity index (χ0n) is 8.34. The third-order valence-electron chi connectivity index (χ3n) is 2.06. The lowest BCUT2D eigenvalue weighted by Gasteiger charge is -2.09. The highest BCUT2D eigenvalue weighted by Gasteiger charge is 2.18. The van der Waals surface area contributed by atoms with Crippen LogP contribution in [0.25, 0.3) is 0 Å². The highest BCUT2D eigenvalue weighted by molar-refractivity contribution is 6.35. The maximum atomic E-state index is 11.1. The van der Waals surface area contributed by atoms with E-state index in [9.17, 15) is 9.59 Å². The monoisotopic (exact) mass is 200 g/mol. The molecule has 0 aromatic carbocycles. The van der Waals surface area contributed by atoms with Crippen LogP contribution in [0.15, 0.2) is 0 Å². The summed E-state index contributed by atoms with van der Waals surface area (Å²) in [6.07, 6.45) is 2.06. The number of hydrogen-bond acceptors (Lipinski definition) is 3. The summed E-state index contributed by atoms with van der Waals surface area (Å²) in [6, 6.07) is 0. The lowest BCUT2D eigenvalue weighted by atomic mass is 10.2. The number of ether oxygens (including phenoxy) is 1. The molecule has 2 amide bonds. The van der Waals surface area contributed by atoms with Crippen LogP contribution >= 0.6 is 0 Å². The Morgan fingerprint density at radius 2 is 2.07 bits per heavy atom. The molecule has 1 saturated heterocycles. The Bertz CT molecular complexity index is 212. The fourth-order valence-electron chi connectivity index (χ4n) is 1.33. The molecule has 1 fully saturated rings. The number of carbonyl (C=O) groups excluding carboxylic acids is 2. The smallest absolute Gasteiger partial charge is 0.309 e. The van der Waals surface area contributed by atoms with Crippen LogP contribution in [0, 0.1) is 0 Å². The average Bonchev–Trinajstić information content (AvgIpc) is 2.67. The predicted octanol–water partition coefficient (Wildman–Crippen LogP) is -0.582. The van der Waals surface area contributed by atoms with E-state index in [0.717, 1.165) is 19.4 Å². The van der Waals surface area contributed by atoms with Gasteiger partial charge in [0.1, 0.15) is 0 Å². The van der Waals surface area contributed by atoms with E-state index < -0.39 is 11.8 Å².